The Hall–Kier alpha value is -1.93. The molecule has 9 heteroatoms. The van der Waals surface area contributed by atoms with Crippen LogP contribution in [0, 0.1) is 6.92 Å². The maximum atomic E-state index is 12.3. The zero-order valence-electron chi connectivity index (χ0n) is 13.4. The van der Waals surface area contributed by atoms with Crippen molar-refractivity contribution < 1.29 is 5.11 Å². The van der Waals surface area contributed by atoms with E-state index in [1.807, 2.05) is 19.1 Å². The second-order valence-corrected chi connectivity index (χ2v) is 8.81. The summed E-state index contributed by atoms with van der Waals surface area (Å²) < 4.78 is 1.35. The lowest BCUT2D eigenvalue weighted by Gasteiger charge is -2.01. The molecule has 0 spiro atoms. The highest BCUT2D eigenvalue weighted by Crippen LogP contribution is 2.31. The van der Waals surface area contributed by atoms with E-state index < -0.39 is 11.3 Å². The zero-order valence-corrected chi connectivity index (χ0v) is 16.5. The molecule has 4 rings (SSSR count). The Bertz CT molecular complexity index is 1200. The lowest BCUT2D eigenvalue weighted by Crippen LogP contribution is -2.13. The summed E-state index contributed by atoms with van der Waals surface area (Å²) in [4.78, 5) is 23.5. The normalized spacial score (nSPS) is 11.3. The predicted octanol–water partition coefficient (Wildman–Crippen LogP) is 4.79. The summed E-state index contributed by atoms with van der Waals surface area (Å²) in [5, 5.41) is 11.8. The van der Waals surface area contributed by atoms with E-state index in [2.05, 4.69) is 9.97 Å². The second-order valence-electron chi connectivity index (χ2n) is 5.67. The lowest BCUT2D eigenvalue weighted by molar-refractivity contribution is 0.465. The van der Waals surface area contributed by atoms with E-state index in [0.29, 0.717) is 26.4 Å². The van der Waals surface area contributed by atoms with Gasteiger partial charge in [-0.1, -0.05) is 29.3 Å². The molecule has 1 N–H and O–H groups in total. The van der Waals surface area contributed by atoms with Crippen molar-refractivity contribution in [2.24, 2.45) is 0 Å². The van der Waals surface area contributed by atoms with Crippen LogP contribution in [-0.4, -0.2) is 19.5 Å². The molecule has 0 radical (unpaired) electrons. The highest BCUT2D eigenvalue weighted by atomic mass is 35.5. The molecule has 0 aliphatic heterocycles. The van der Waals surface area contributed by atoms with Crippen LogP contribution in [0.3, 0.4) is 0 Å². The molecule has 0 saturated carbocycles. The van der Waals surface area contributed by atoms with Crippen LogP contribution in [-0.2, 0) is 6.42 Å². The van der Waals surface area contributed by atoms with Gasteiger partial charge in [-0.25, -0.2) is 9.97 Å². The van der Waals surface area contributed by atoms with Crippen molar-refractivity contribution in [1.29, 1.82) is 0 Å². The van der Waals surface area contributed by atoms with E-state index >= 15 is 0 Å². The van der Waals surface area contributed by atoms with Crippen molar-refractivity contribution >= 4 is 50.8 Å². The Balaban J connectivity index is 1.71. The van der Waals surface area contributed by atoms with Crippen LogP contribution >= 0.6 is 45.9 Å². The molecule has 0 saturated heterocycles. The number of aryl methyl sites for hydroxylation is 1. The molecular formula is C17H11Cl2N3O2S2. The molecule has 0 aliphatic rings. The maximum Gasteiger partial charge on any atom is 0.301 e. The van der Waals surface area contributed by atoms with Crippen LogP contribution in [0.1, 0.15) is 15.3 Å². The smallest absolute Gasteiger partial charge is 0.301 e. The molecule has 0 fully saturated rings. The number of rotatable bonds is 3. The number of hydrogen-bond acceptors (Lipinski definition) is 6. The Kier molecular flexibility index (Phi) is 4.48. The first-order chi connectivity index (χ1) is 12.4. The van der Waals surface area contributed by atoms with Crippen molar-refractivity contribution in [1.82, 2.24) is 14.4 Å². The quantitative estimate of drug-likeness (QED) is 0.514. The summed E-state index contributed by atoms with van der Waals surface area (Å²) in [6.07, 6.45) is 4.00. The molecule has 0 aliphatic carbocycles. The van der Waals surface area contributed by atoms with Crippen LogP contribution in [0.15, 0.2) is 35.4 Å². The summed E-state index contributed by atoms with van der Waals surface area (Å²) in [7, 11) is 0. The van der Waals surface area contributed by atoms with Crippen LogP contribution in [0.5, 0.6) is 5.75 Å². The Labute approximate surface area is 166 Å². The summed E-state index contributed by atoms with van der Waals surface area (Å²) in [6.45, 7) is 1.88. The summed E-state index contributed by atoms with van der Waals surface area (Å²) in [5.74, 6) is -0.393. The van der Waals surface area contributed by atoms with E-state index in [1.165, 1.54) is 27.1 Å². The summed E-state index contributed by atoms with van der Waals surface area (Å²) in [5.41, 5.74) is 0.717. The third-order valence-electron chi connectivity index (χ3n) is 3.74. The molecule has 3 aromatic heterocycles. The fourth-order valence-electron chi connectivity index (χ4n) is 2.54. The predicted molar refractivity (Wildman–Crippen MR) is 106 cm³/mol. The van der Waals surface area contributed by atoms with E-state index in [9.17, 15) is 9.90 Å². The van der Waals surface area contributed by atoms with E-state index in [1.54, 1.807) is 18.5 Å². The third kappa shape index (κ3) is 3.12. The molecule has 0 atom stereocenters. The number of hydrogen-bond donors (Lipinski definition) is 1. The largest absolute Gasteiger partial charge is 0.501 e. The van der Waals surface area contributed by atoms with Gasteiger partial charge in [0, 0.05) is 28.6 Å². The van der Waals surface area contributed by atoms with Crippen LogP contribution in [0.4, 0.5) is 0 Å². The van der Waals surface area contributed by atoms with E-state index in [0.717, 1.165) is 15.3 Å². The molecular weight excluding hydrogens is 413 g/mol. The van der Waals surface area contributed by atoms with Gasteiger partial charge in [-0.15, -0.1) is 22.7 Å². The third-order valence-corrected chi connectivity index (χ3v) is 6.38. The minimum atomic E-state index is -0.490. The van der Waals surface area contributed by atoms with Crippen molar-refractivity contribution in [3.63, 3.8) is 0 Å². The number of thiazole rings is 2. The van der Waals surface area contributed by atoms with Gasteiger partial charge in [0.1, 0.15) is 10.7 Å². The maximum absolute atomic E-state index is 12.3. The van der Waals surface area contributed by atoms with Gasteiger partial charge < -0.3 is 5.11 Å². The first-order valence-corrected chi connectivity index (χ1v) is 9.92. The van der Waals surface area contributed by atoms with Gasteiger partial charge in [-0.3, -0.25) is 9.20 Å². The molecule has 5 nitrogen and oxygen atoms in total. The highest BCUT2D eigenvalue weighted by Gasteiger charge is 2.18. The topological polar surface area (TPSA) is 67.5 Å². The standard InChI is InChI=1S/C17H11Cl2N3O2S2/c1-8-7-22-16(24)14(23)13(21-17(22)25-8)15-20-6-10(26-15)4-9-2-3-11(18)12(19)5-9/h2-3,5-7,23H,4H2,1H3. The molecule has 0 bridgehead atoms. The van der Waals surface area contributed by atoms with Gasteiger partial charge in [0.2, 0.25) is 5.75 Å². The summed E-state index contributed by atoms with van der Waals surface area (Å²) >= 11 is 14.8. The van der Waals surface area contributed by atoms with Crippen LogP contribution in [0.25, 0.3) is 15.7 Å². The second kappa shape index (κ2) is 6.66. The highest BCUT2D eigenvalue weighted by molar-refractivity contribution is 7.17. The number of benzene rings is 1. The SMILES string of the molecule is Cc1cn2c(=O)c(O)c(-c3ncc(Cc4ccc(Cl)c(Cl)c4)s3)nc2s1. The number of fused-ring (bicyclic) bond motifs is 1. The van der Waals surface area contributed by atoms with Gasteiger partial charge in [0.15, 0.2) is 4.96 Å². The Morgan fingerprint density at radius 1 is 1.23 bits per heavy atom. The van der Waals surface area contributed by atoms with Crippen molar-refractivity contribution in [3.8, 4) is 16.5 Å². The lowest BCUT2D eigenvalue weighted by atomic mass is 10.1. The molecule has 132 valence electrons. The average Bonchev–Trinajstić information content (AvgIpc) is 3.20. The number of aromatic hydroxyl groups is 1. The van der Waals surface area contributed by atoms with Gasteiger partial charge in [-0.2, -0.15) is 0 Å². The average molecular weight is 424 g/mol. The number of nitrogens with zero attached hydrogens (tertiary/aromatic N) is 3. The number of aromatic nitrogens is 3. The fourth-order valence-corrected chi connectivity index (χ4v) is 4.62. The van der Waals surface area contributed by atoms with Crippen molar-refractivity contribution in [2.45, 2.75) is 13.3 Å². The van der Waals surface area contributed by atoms with Gasteiger partial charge in [-0.05, 0) is 24.6 Å². The number of halogens is 2. The monoisotopic (exact) mass is 423 g/mol. The molecule has 3 heterocycles. The minimum Gasteiger partial charge on any atom is -0.501 e. The zero-order chi connectivity index (χ0) is 18.4. The van der Waals surface area contributed by atoms with Gasteiger partial charge >= 0.3 is 5.56 Å². The first-order valence-electron chi connectivity index (χ1n) is 7.53. The molecule has 0 amide bonds. The van der Waals surface area contributed by atoms with E-state index in [-0.39, 0.29) is 5.69 Å². The first kappa shape index (κ1) is 17.5. The molecule has 0 unspecified atom stereocenters. The summed E-state index contributed by atoms with van der Waals surface area (Å²) in [6, 6.07) is 5.46. The molecule has 4 aromatic rings. The van der Waals surface area contributed by atoms with Gasteiger partial charge in [0.25, 0.3) is 0 Å². The molecule has 26 heavy (non-hydrogen) atoms. The van der Waals surface area contributed by atoms with Crippen LogP contribution < -0.4 is 5.56 Å². The Morgan fingerprint density at radius 2 is 2.04 bits per heavy atom. The van der Waals surface area contributed by atoms with Crippen molar-refractivity contribution in [2.75, 3.05) is 0 Å². The Morgan fingerprint density at radius 3 is 2.81 bits per heavy atom. The molecule has 1 aromatic carbocycles. The van der Waals surface area contributed by atoms with E-state index in [4.69, 9.17) is 23.2 Å². The fraction of sp³-hybridized carbons (Fsp3) is 0.118. The van der Waals surface area contributed by atoms with Crippen LogP contribution in [0.2, 0.25) is 10.0 Å². The minimum absolute atomic E-state index is 0.210. The van der Waals surface area contributed by atoms with Crippen molar-refractivity contribution in [3.05, 3.63) is 66.3 Å². The van der Waals surface area contributed by atoms with Gasteiger partial charge in [0.05, 0.1) is 10.0 Å².